The van der Waals surface area contributed by atoms with E-state index in [1.165, 1.54) is 23.6 Å². The van der Waals surface area contributed by atoms with Crippen molar-refractivity contribution in [3.63, 3.8) is 0 Å². The molecule has 52 heavy (non-hydrogen) atoms. The van der Waals surface area contributed by atoms with Gasteiger partial charge in [-0.05, 0) is 119 Å². The standard InChI is InChI=1S/C36H45Br3N4O9/c1-6-42(16-24(46)32(48)19(4)44)35(51)26-28(37)27(36(52)43(7-2)17-25(47)33(49)20(5)45)30(39)31(29(26)38)40-22-12-14-23(15-13-22)41-34(50)21-10-8-18(3)9-11-21/h8-15,19-20,24-25,32-33,40,44-49H,6-7,16-17H2,1-5H3,(H,41,50). The van der Waals surface area contributed by atoms with Gasteiger partial charge in [-0.15, -0.1) is 0 Å². The van der Waals surface area contributed by atoms with E-state index in [0.717, 1.165) is 5.56 Å². The summed E-state index contributed by atoms with van der Waals surface area (Å²) in [5, 5.41) is 67.3. The molecule has 284 valence electrons. The molecule has 13 nitrogen and oxygen atoms in total. The molecular weight excluding hydrogens is 872 g/mol. The van der Waals surface area contributed by atoms with Crippen molar-refractivity contribution in [1.29, 1.82) is 0 Å². The number of likely N-dealkylation sites (N-methyl/N-ethyl adjacent to an activating group) is 2. The fourth-order valence-electron chi connectivity index (χ4n) is 5.18. The first-order valence-corrected chi connectivity index (χ1v) is 18.9. The van der Waals surface area contributed by atoms with E-state index in [2.05, 4.69) is 58.4 Å². The van der Waals surface area contributed by atoms with E-state index in [0.29, 0.717) is 16.9 Å². The number of halogens is 3. The van der Waals surface area contributed by atoms with Gasteiger partial charge in [0.2, 0.25) is 0 Å². The number of carbonyl (C=O) groups is 3. The summed E-state index contributed by atoms with van der Waals surface area (Å²) in [4.78, 5) is 43.7. The number of amides is 3. The zero-order valence-corrected chi connectivity index (χ0v) is 34.1. The van der Waals surface area contributed by atoms with Crippen LogP contribution in [-0.4, -0.2) is 121 Å². The topological polar surface area (TPSA) is 203 Å². The quantitative estimate of drug-likeness (QED) is 0.102. The van der Waals surface area contributed by atoms with Gasteiger partial charge in [0.25, 0.3) is 17.7 Å². The summed E-state index contributed by atoms with van der Waals surface area (Å²) in [6, 6.07) is 13.9. The molecule has 0 bridgehead atoms. The van der Waals surface area contributed by atoms with Crippen LogP contribution in [0.15, 0.2) is 61.9 Å². The van der Waals surface area contributed by atoms with Crippen molar-refractivity contribution in [3.8, 4) is 0 Å². The largest absolute Gasteiger partial charge is 0.391 e. The zero-order chi connectivity index (χ0) is 39.0. The summed E-state index contributed by atoms with van der Waals surface area (Å²) in [7, 11) is 0. The van der Waals surface area contributed by atoms with E-state index in [1.54, 1.807) is 50.2 Å². The molecule has 6 atom stereocenters. The number of rotatable bonds is 16. The molecule has 0 aliphatic carbocycles. The van der Waals surface area contributed by atoms with E-state index >= 15 is 0 Å². The first kappa shape index (κ1) is 43.5. The van der Waals surface area contributed by atoms with Gasteiger partial charge >= 0.3 is 0 Å². The average molecular weight is 917 g/mol. The first-order valence-electron chi connectivity index (χ1n) is 16.6. The molecular formula is C36H45Br3N4O9. The van der Waals surface area contributed by atoms with Crippen molar-refractivity contribution in [1.82, 2.24) is 9.80 Å². The molecule has 0 radical (unpaired) electrons. The van der Waals surface area contributed by atoms with Gasteiger partial charge in [-0.2, -0.15) is 0 Å². The van der Waals surface area contributed by atoms with Crippen LogP contribution >= 0.6 is 47.8 Å². The van der Waals surface area contributed by atoms with Crippen LogP contribution in [0.25, 0.3) is 0 Å². The van der Waals surface area contributed by atoms with Crippen LogP contribution in [0.3, 0.4) is 0 Å². The lowest BCUT2D eigenvalue weighted by Gasteiger charge is -2.30. The van der Waals surface area contributed by atoms with Crippen molar-refractivity contribution >= 4 is 82.6 Å². The molecule has 0 aliphatic rings. The van der Waals surface area contributed by atoms with Gasteiger partial charge < -0.3 is 51.1 Å². The number of anilines is 3. The van der Waals surface area contributed by atoms with Crippen molar-refractivity contribution in [2.45, 2.75) is 71.2 Å². The zero-order valence-electron chi connectivity index (χ0n) is 29.3. The van der Waals surface area contributed by atoms with Gasteiger partial charge in [0, 0.05) is 47.6 Å². The third-order valence-electron chi connectivity index (χ3n) is 8.40. The third kappa shape index (κ3) is 10.6. The molecule has 3 aromatic carbocycles. The summed E-state index contributed by atoms with van der Waals surface area (Å²) in [5.74, 6) is -1.56. The van der Waals surface area contributed by atoms with Gasteiger partial charge in [-0.3, -0.25) is 14.4 Å². The second kappa shape index (κ2) is 19.4. The smallest absolute Gasteiger partial charge is 0.256 e. The molecule has 0 aromatic heterocycles. The van der Waals surface area contributed by atoms with E-state index in [9.17, 15) is 45.0 Å². The lowest BCUT2D eigenvalue weighted by molar-refractivity contribution is -0.0596. The van der Waals surface area contributed by atoms with Crippen LogP contribution in [0.2, 0.25) is 0 Å². The molecule has 6 unspecified atom stereocenters. The number of hydrogen-bond donors (Lipinski definition) is 8. The van der Waals surface area contributed by atoms with Crippen molar-refractivity contribution in [3.05, 3.63) is 84.2 Å². The molecule has 0 saturated heterocycles. The number of aryl methyl sites for hydroxylation is 1. The molecule has 0 fully saturated rings. The van der Waals surface area contributed by atoms with Crippen LogP contribution in [0.4, 0.5) is 17.1 Å². The predicted molar refractivity (Wildman–Crippen MR) is 209 cm³/mol. The van der Waals surface area contributed by atoms with Crippen molar-refractivity contribution in [2.24, 2.45) is 0 Å². The number of nitrogens with one attached hydrogen (secondary N) is 2. The molecule has 0 spiro atoms. The lowest BCUT2D eigenvalue weighted by Crippen LogP contribution is -2.46. The monoisotopic (exact) mass is 914 g/mol. The Morgan fingerprint density at radius 2 is 1.06 bits per heavy atom. The Labute approximate surface area is 328 Å². The highest BCUT2D eigenvalue weighted by Gasteiger charge is 2.34. The number of benzene rings is 3. The van der Waals surface area contributed by atoms with Gasteiger partial charge in [-0.25, -0.2) is 0 Å². The minimum atomic E-state index is -1.53. The summed E-state index contributed by atoms with van der Waals surface area (Å²) in [5.41, 5.74) is 2.77. The van der Waals surface area contributed by atoms with Gasteiger partial charge in [-0.1, -0.05) is 17.7 Å². The van der Waals surface area contributed by atoms with E-state index in [-0.39, 0.29) is 62.3 Å². The maximum atomic E-state index is 14.2. The lowest BCUT2D eigenvalue weighted by atomic mass is 10.0. The summed E-state index contributed by atoms with van der Waals surface area (Å²) in [6.45, 7) is 7.36. The number of aliphatic hydroxyl groups is 6. The van der Waals surface area contributed by atoms with Crippen LogP contribution in [0.1, 0.15) is 64.3 Å². The minimum absolute atomic E-state index is 0.0164. The fourth-order valence-corrected chi connectivity index (χ4v) is 8.04. The van der Waals surface area contributed by atoms with E-state index in [1.807, 2.05) is 19.1 Å². The number of carbonyl (C=O) groups excluding carboxylic acids is 3. The number of aliphatic hydroxyl groups excluding tert-OH is 6. The highest BCUT2D eigenvalue weighted by molar-refractivity contribution is 9.11. The number of nitrogens with zero attached hydrogens (tertiary/aromatic N) is 2. The number of hydrogen-bond acceptors (Lipinski definition) is 10. The van der Waals surface area contributed by atoms with E-state index < -0.39 is 48.4 Å². The van der Waals surface area contributed by atoms with Crippen LogP contribution in [0.5, 0.6) is 0 Å². The van der Waals surface area contributed by atoms with Gasteiger partial charge in [0.15, 0.2) is 0 Å². The third-order valence-corrected chi connectivity index (χ3v) is 10.8. The SMILES string of the molecule is CCN(CC(O)C(O)C(C)O)C(=O)c1c(Br)c(Nc2ccc(NC(=O)c3ccc(C)cc3)cc2)c(Br)c(C(=O)N(CC)CC(O)C(O)C(C)O)c1Br. The normalized spacial score (nSPS) is 14.8. The molecule has 3 rings (SSSR count). The average Bonchev–Trinajstić information content (AvgIpc) is 3.10. The highest BCUT2D eigenvalue weighted by Crippen LogP contribution is 2.44. The molecule has 0 saturated carbocycles. The minimum Gasteiger partial charge on any atom is -0.391 e. The van der Waals surface area contributed by atoms with Crippen LogP contribution in [0, 0.1) is 6.92 Å². The Kier molecular flexibility index (Phi) is 16.2. The van der Waals surface area contributed by atoms with Crippen LogP contribution in [-0.2, 0) is 0 Å². The maximum absolute atomic E-state index is 14.2. The van der Waals surface area contributed by atoms with Crippen molar-refractivity contribution < 1.29 is 45.0 Å². The van der Waals surface area contributed by atoms with E-state index in [4.69, 9.17) is 0 Å². The maximum Gasteiger partial charge on any atom is 0.256 e. The Bertz CT molecular complexity index is 1640. The Balaban J connectivity index is 2.09. The first-order chi connectivity index (χ1) is 24.4. The van der Waals surface area contributed by atoms with Crippen LogP contribution < -0.4 is 10.6 Å². The van der Waals surface area contributed by atoms with Gasteiger partial charge in [0.1, 0.15) is 12.2 Å². The Hall–Kier alpha value is -2.93. The second-order valence-electron chi connectivity index (χ2n) is 12.4. The summed E-state index contributed by atoms with van der Waals surface area (Å²) >= 11 is 10.6. The Morgan fingerprint density at radius 1 is 0.654 bits per heavy atom. The molecule has 3 aromatic rings. The molecule has 3 amide bonds. The predicted octanol–water partition coefficient (Wildman–Crippen LogP) is 4.41. The summed E-state index contributed by atoms with van der Waals surface area (Å²) in [6.07, 6.45) is -8.56. The molecule has 0 heterocycles. The fraction of sp³-hybridized carbons (Fsp3) is 0.417. The second-order valence-corrected chi connectivity index (χ2v) is 14.8. The molecule has 16 heteroatoms. The highest BCUT2D eigenvalue weighted by atomic mass is 79.9. The van der Waals surface area contributed by atoms with Crippen molar-refractivity contribution in [2.75, 3.05) is 36.8 Å². The summed E-state index contributed by atoms with van der Waals surface area (Å²) < 4.78 is 0.511. The Morgan fingerprint density at radius 3 is 1.44 bits per heavy atom. The molecule has 0 aliphatic heterocycles. The molecule has 8 N–H and O–H groups in total. The van der Waals surface area contributed by atoms with Gasteiger partial charge in [0.05, 0.1) is 50.2 Å².